The fraction of sp³-hybridized carbons (Fsp3) is 0.524. The lowest BCUT2D eigenvalue weighted by Crippen LogP contribution is -2.63. The van der Waals surface area contributed by atoms with Gasteiger partial charge in [0, 0.05) is 38.3 Å². The number of ether oxygens (including phenoxy) is 2. The molecule has 7 heteroatoms. The van der Waals surface area contributed by atoms with Crippen molar-refractivity contribution >= 4 is 16.9 Å². The minimum Gasteiger partial charge on any atom is -0.483 e. The predicted octanol–water partition coefficient (Wildman–Crippen LogP) is 1.59. The monoisotopic (exact) mass is 386 g/mol. The first-order valence-corrected chi connectivity index (χ1v) is 9.85. The summed E-state index contributed by atoms with van der Waals surface area (Å²) in [5, 5.41) is 0.773. The zero-order valence-corrected chi connectivity index (χ0v) is 16.4. The molecule has 0 radical (unpaired) electrons. The van der Waals surface area contributed by atoms with Crippen LogP contribution in [0.25, 0.3) is 11.0 Å². The van der Waals surface area contributed by atoms with Crippen molar-refractivity contribution in [2.24, 2.45) is 0 Å². The number of carbonyl (C=O) groups excluding carboxylic acids is 1. The van der Waals surface area contributed by atoms with E-state index in [-0.39, 0.29) is 18.1 Å². The first kappa shape index (κ1) is 19.0. The Morgan fingerprint density at radius 1 is 1.21 bits per heavy atom. The summed E-state index contributed by atoms with van der Waals surface area (Å²) in [5.74, 6) is 0.573. The van der Waals surface area contributed by atoms with E-state index in [1.165, 1.54) is 6.07 Å². The summed E-state index contributed by atoms with van der Waals surface area (Å²) in [4.78, 5) is 28.5. The second kappa shape index (κ2) is 7.93. The van der Waals surface area contributed by atoms with E-state index in [1.807, 2.05) is 30.9 Å². The number of fused-ring (bicyclic) bond motifs is 1. The Morgan fingerprint density at radius 2 is 1.96 bits per heavy atom. The standard InChI is InChI=1S/C21H26N2O5/c1-3-15-10-20(25)28-18-9-14(2)8-17(21(15)18)27-13-19(24)23-11-16(12-23)22-4-6-26-7-5-22/h8-10,16H,3-7,11-13H2,1-2H3. The number of amides is 1. The van der Waals surface area contributed by atoms with Gasteiger partial charge in [-0.15, -0.1) is 0 Å². The van der Waals surface area contributed by atoms with Gasteiger partial charge in [0.1, 0.15) is 11.3 Å². The van der Waals surface area contributed by atoms with E-state index in [2.05, 4.69) is 4.90 Å². The summed E-state index contributed by atoms with van der Waals surface area (Å²) in [6, 6.07) is 5.64. The fourth-order valence-corrected chi connectivity index (χ4v) is 3.93. The van der Waals surface area contributed by atoms with Crippen molar-refractivity contribution in [2.75, 3.05) is 46.0 Å². The second-order valence-electron chi connectivity index (χ2n) is 7.47. The van der Waals surface area contributed by atoms with Crippen molar-refractivity contribution in [1.29, 1.82) is 0 Å². The van der Waals surface area contributed by atoms with Crippen molar-refractivity contribution in [1.82, 2.24) is 9.80 Å². The number of aryl methyl sites for hydroxylation is 2. The van der Waals surface area contributed by atoms with Crippen LogP contribution in [0.5, 0.6) is 5.75 Å². The molecule has 4 rings (SSSR count). The lowest BCUT2D eigenvalue weighted by Gasteiger charge is -2.46. The van der Waals surface area contributed by atoms with E-state index >= 15 is 0 Å². The average molecular weight is 386 g/mol. The summed E-state index contributed by atoms with van der Waals surface area (Å²) in [6.45, 7) is 8.76. The van der Waals surface area contributed by atoms with E-state index in [9.17, 15) is 9.59 Å². The highest BCUT2D eigenvalue weighted by molar-refractivity contribution is 5.88. The van der Waals surface area contributed by atoms with Crippen LogP contribution in [-0.4, -0.2) is 67.7 Å². The normalized spacial score (nSPS) is 18.3. The largest absolute Gasteiger partial charge is 0.483 e. The molecule has 0 spiro atoms. The summed E-state index contributed by atoms with van der Waals surface area (Å²) >= 11 is 0. The Labute approximate surface area is 163 Å². The van der Waals surface area contributed by atoms with Crippen LogP contribution >= 0.6 is 0 Å². The van der Waals surface area contributed by atoms with Crippen molar-refractivity contribution in [3.05, 3.63) is 39.7 Å². The maximum Gasteiger partial charge on any atom is 0.336 e. The van der Waals surface area contributed by atoms with Crippen molar-refractivity contribution in [3.8, 4) is 5.75 Å². The Kier molecular flexibility index (Phi) is 5.37. The molecule has 0 aliphatic carbocycles. The molecule has 0 atom stereocenters. The highest BCUT2D eigenvalue weighted by atomic mass is 16.5. The molecule has 0 N–H and O–H groups in total. The van der Waals surface area contributed by atoms with E-state index < -0.39 is 0 Å². The second-order valence-corrected chi connectivity index (χ2v) is 7.47. The molecule has 1 aromatic carbocycles. The van der Waals surface area contributed by atoms with Crippen LogP contribution in [0, 0.1) is 6.92 Å². The first-order valence-electron chi connectivity index (χ1n) is 9.85. The van der Waals surface area contributed by atoms with Crippen LogP contribution in [-0.2, 0) is 16.0 Å². The zero-order chi connectivity index (χ0) is 19.7. The minimum absolute atomic E-state index is 0.0172. The molecule has 0 bridgehead atoms. The quantitative estimate of drug-likeness (QED) is 0.727. The molecular weight excluding hydrogens is 360 g/mol. The van der Waals surface area contributed by atoms with Gasteiger partial charge in [-0.1, -0.05) is 6.92 Å². The molecule has 1 aromatic heterocycles. The summed E-state index contributed by atoms with van der Waals surface area (Å²) in [5.41, 5.74) is 1.92. The van der Waals surface area contributed by atoms with E-state index in [0.29, 0.717) is 23.8 Å². The van der Waals surface area contributed by atoms with Crippen LogP contribution in [0.15, 0.2) is 27.4 Å². The average Bonchev–Trinajstić information content (AvgIpc) is 2.64. The SMILES string of the molecule is CCc1cc(=O)oc2cc(C)cc(OCC(=O)N3CC(N4CCOCC4)C3)c12. The summed E-state index contributed by atoms with van der Waals surface area (Å²) in [6.07, 6.45) is 0.683. The van der Waals surface area contributed by atoms with Crippen molar-refractivity contribution < 1.29 is 18.7 Å². The lowest BCUT2D eigenvalue weighted by atomic mass is 10.0. The third-order valence-electron chi connectivity index (χ3n) is 5.54. The molecule has 2 aliphatic rings. The third-order valence-corrected chi connectivity index (χ3v) is 5.54. The van der Waals surface area contributed by atoms with E-state index in [0.717, 1.165) is 55.9 Å². The van der Waals surface area contributed by atoms with Gasteiger partial charge in [-0.2, -0.15) is 0 Å². The van der Waals surface area contributed by atoms with Crippen LogP contribution in [0.4, 0.5) is 0 Å². The van der Waals surface area contributed by atoms with Gasteiger partial charge in [0.25, 0.3) is 5.91 Å². The van der Waals surface area contributed by atoms with E-state index in [4.69, 9.17) is 13.9 Å². The Hall–Kier alpha value is -2.38. The van der Waals surface area contributed by atoms with Crippen molar-refractivity contribution in [3.63, 3.8) is 0 Å². The molecule has 2 saturated heterocycles. The Morgan fingerprint density at radius 3 is 2.68 bits per heavy atom. The molecule has 0 saturated carbocycles. The molecule has 2 aromatic rings. The molecule has 150 valence electrons. The number of rotatable bonds is 5. The molecule has 28 heavy (non-hydrogen) atoms. The van der Waals surface area contributed by atoms with Gasteiger partial charge in [0.05, 0.1) is 18.6 Å². The number of likely N-dealkylation sites (tertiary alicyclic amines) is 1. The Bertz CT molecular complexity index is 926. The number of carbonyl (C=O) groups is 1. The molecule has 3 heterocycles. The third kappa shape index (κ3) is 3.77. The number of benzene rings is 1. The number of hydrogen-bond acceptors (Lipinski definition) is 6. The fourth-order valence-electron chi connectivity index (χ4n) is 3.93. The number of nitrogens with zero attached hydrogens (tertiary/aromatic N) is 2. The molecule has 0 unspecified atom stereocenters. The highest BCUT2D eigenvalue weighted by Gasteiger charge is 2.35. The van der Waals surface area contributed by atoms with Gasteiger partial charge in [0.15, 0.2) is 6.61 Å². The molecule has 2 fully saturated rings. The van der Waals surface area contributed by atoms with E-state index in [1.54, 1.807) is 0 Å². The first-order chi connectivity index (χ1) is 13.5. The molecule has 2 aliphatic heterocycles. The van der Waals surface area contributed by atoms with Gasteiger partial charge < -0.3 is 18.8 Å². The highest BCUT2D eigenvalue weighted by Crippen LogP contribution is 2.30. The van der Waals surface area contributed by atoms with Gasteiger partial charge in [-0.05, 0) is 36.6 Å². The van der Waals surface area contributed by atoms with Gasteiger partial charge in [0.2, 0.25) is 0 Å². The van der Waals surface area contributed by atoms with Crippen molar-refractivity contribution in [2.45, 2.75) is 26.3 Å². The van der Waals surface area contributed by atoms with Crippen LogP contribution < -0.4 is 10.4 Å². The number of morpholine rings is 1. The minimum atomic E-state index is -0.369. The maximum atomic E-state index is 12.5. The Balaban J connectivity index is 1.43. The summed E-state index contributed by atoms with van der Waals surface area (Å²) in [7, 11) is 0. The van der Waals surface area contributed by atoms with Crippen LogP contribution in [0.3, 0.4) is 0 Å². The molecular formula is C21H26N2O5. The maximum absolute atomic E-state index is 12.5. The molecule has 1 amide bonds. The zero-order valence-electron chi connectivity index (χ0n) is 16.4. The van der Waals surface area contributed by atoms with Crippen LogP contribution in [0.2, 0.25) is 0 Å². The number of hydrogen-bond donors (Lipinski definition) is 0. The van der Waals surface area contributed by atoms with Gasteiger partial charge >= 0.3 is 5.63 Å². The molecule has 7 nitrogen and oxygen atoms in total. The van der Waals surface area contributed by atoms with Crippen LogP contribution in [0.1, 0.15) is 18.1 Å². The van der Waals surface area contributed by atoms with Gasteiger partial charge in [-0.25, -0.2) is 4.79 Å². The van der Waals surface area contributed by atoms with Gasteiger partial charge in [-0.3, -0.25) is 9.69 Å². The lowest BCUT2D eigenvalue weighted by molar-refractivity contribution is -0.142. The predicted molar refractivity (Wildman–Crippen MR) is 105 cm³/mol. The smallest absolute Gasteiger partial charge is 0.336 e. The summed E-state index contributed by atoms with van der Waals surface area (Å²) < 4.78 is 16.6. The topological polar surface area (TPSA) is 72.2 Å².